The number of aromatic hydroxyl groups is 3. The fourth-order valence-corrected chi connectivity index (χ4v) is 18.3. The van der Waals surface area contributed by atoms with Crippen LogP contribution in [0.1, 0.15) is 185 Å². The highest BCUT2D eigenvalue weighted by Gasteiger charge is 2.52. The minimum Gasteiger partial charge on any atom is -0.508 e. The minimum absolute atomic E-state index is 0.00300. The van der Waals surface area contributed by atoms with Gasteiger partial charge in [-0.3, -0.25) is 48.6 Å². The molecule has 4 aliphatic carbocycles. The topological polar surface area (TPSA) is 567 Å². The van der Waals surface area contributed by atoms with Crippen LogP contribution < -0.4 is 72.1 Å². The Hall–Kier alpha value is -13.0. The number of halogens is 1. The minimum atomic E-state index is -2.47. The van der Waals surface area contributed by atoms with Gasteiger partial charge in [-0.05, 0) is 250 Å². The van der Waals surface area contributed by atoms with E-state index < -0.39 is 249 Å². The van der Waals surface area contributed by atoms with Crippen molar-refractivity contribution >= 4 is 88.9 Å². The molecule has 14 atom stereocenters. The van der Waals surface area contributed by atoms with Gasteiger partial charge in [0.2, 0.25) is 59.3 Å². The van der Waals surface area contributed by atoms with Crippen molar-refractivity contribution in [1.82, 2.24) is 57.7 Å². The molecular weight excluding hydrogens is 1790 g/mol. The van der Waals surface area contributed by atoms with Crippen molar-refractivity contribution < 1.29 is 136 Å². The van der Waals surface area contributed by atoms with Crippen molar-refractivity contribution in [3.63, 3.8) is 0 Å². The molecule has 136 heavy (non-hydrogen) atoms. The Bertz CT molecular complexity index is 5560. The second-order valence-corrected chi connectivity index (χ2v) is 39.3. The number of ether oxygens (including phenoxy) is 8. The zero-order chi connectivity index (χ0) is 98.9. The lowest BCUT2D eigenvalue weighted by Gasteiger charge is -2.54. The first kappa shape index (κ1) is 100. The zero-order valence-corrected chi connectivity index (χ0v) is 78.2. The first-order valence-corrected chi connectivity index (χ1v) is 45.2. The van der Waals surface area contributed by atoms with E-state index in [1.165, 1.54) is 74.4 Å². The molecule has 6 aromatic carbocycles. The number of likely N-dealkylation sites (N-methyl/N-ethyl adjacent to an activating group) is 2. The number of phenolic OH excluding ortho intramolecular Hbond substituents is 3. The van der Waals surface area contributed by atoms with E-state index in [1.807, 2.05) is 0 Å². The maximum atomic E-state index is 16.7. The number of urea groups is 1. The predicted molar refractivity (Wildman–Crippen MR) is 485 cm³/mol. The molecule has 1 saturated heterocycles. The number of fused-ring (bicyclic) bond motifs is 15. The molecule has 6 heterocycles. The summed E-state index contributed by atoms with van der Waals surface area (Å²) in [6.07, 6.45) is -14.3. The molecule has 0 aromatic heterocycles. The maximum absolute atomic E-state index is 16.7. The zero-order valence-electron chi connectivity index (χ0n) is 77.4. The van der Waals surface area contributed by atoms with E-state index >= 15 is 33.6 Å². The number of carbonyl (C=O) groups excluding carboxylic acids is 12. The summed E-state index contributed by atoms with van der Waals surface area (Å²) in [5, 5.41) is 122. The number of aliphatic hydroxyl groups excluding tert-OH is 5. The summed E-state index contributed by atoms with van der Waals surface area (Å²) in [5.74, 6) is -14.3. The summed E-state index contributed by atoms with van der Waals surface area (Å²) >= 11 is 7.27. The van der Waals surface area contributed by atoms with Crippen molar-refractivity contribution in [1.29, 1.82) is 0 Å². The van der Waals surface area contributed by atoms with Crippen molar-refractivity contribution in [3.8, 4) is 62.9 Å². The van der Waals surface area contributed by atoms with Crippen LogP contribution in [0.25, 0.3) is 11.1 Å². The number of alkyl carbamates (subject to hydrolysis) is 1. The first-order valence-electron chi connectivity index (χ1n) is 44.8. The molecule has 0 radical (unpaired) electrons. The van der Waals surface area contributed by atoms with E-state index in [4.69, 9.17) is 49.5 Å². The fourth-order valence-electron chi connectivity index (χ4n) is 18.1. The third-order valence-corrected chi connectivity index (χ3v) is 24.7. The van der Waals surface area contributed by atoms with E-state index in [2.05, 4.69) is 53.2 Å². The molecule has 13 amide bonds. The van der Waals surface area contributed by atoms with Gasteiger partial charge in [0.1, 0.15) is 137 Å². The second kappa shape index (κ2) is 40.9. The normalized spacial score (nSPS) is 25.6. The van der Waals surface area contributed by atoms with Gasteiger partial charge in [-0.1, -0.05) is 43.6 Å². The molecule has 18 N–H and O–H groups in total. The molecular formula is C95H117ClN12O28. The van der Waals surface area contributed by atoms with Crippen LogP contribution in [0.3, 0.4) is 0 Å². The monoisotopic (exact) mass is 1910 g/mol. The number of phenols is 3. The van der Waals surface area contributed by atoms with E-state index in [-0.39, 0.29) is 87.9 Å². The lowest BCUT2D eigenvalue weighted by atomic mass is 9.54. The number of rotatable bonds is 18. The average Bonchev–Trinajstić information content (AvgIpc) is 0.751. The van der Waals surface area contributed by atoms with Gasteiger partial charge < -0.3 is 131 Å². The number of hydrogen-bond acceptors (Lipinski definition) is 28. The van der Waals surface area contributed by atoms with E-state index in [1.54, 1.807) is 76.2 Å². The summed E-state index contributed by atoms with van der Waals surface area (Å²) in [4.78, 5) is 183. The molecule has 6 aliphatic heterocycles. The van der Waals surface area contributed by atoms with E-state index in [0.717, 1.165) is 91.6 Å². The molecule has 15 bridgehead atoms. The molecule has 5 fully saturated rings. The number of nitrogens with one attached hydrogen (secondary N) is 10. The van der Waals surface area contributed by atoms with Crippen molar-refractivity contribution in [2.75, 3.05) is 39.1 Å². The Morgan fingerprint density at radius 1 is 0.588 bits per heavy atom. The van der Waals surface area contributed by atoms with E-state index in [9.17, 15) is 64.8 Å². The van der Waals surface area contributed by atoms with Crippen LogP contribution in [-0.2, 0) is 57.3 Å². The third kappa shape index (κ3) is 23.9. The van der Waals surface area contributed by atoms with Gasteiger partial charge >= 0.3 is 24.3 Å². The quantitative estimate of drug-likeness (QED) is 0.0367. The van der Waals surface area contributed by atoms with Crippen molar-refractivity contribution in [2.24, 2.45) is 29.6 Å². The van der Waals surface area contributed by atoms with E-state index in [0.29, 0.717) is 11.8 Å². The van der Waals surface area contributed by atoms with Crippen LogP contribution in [0.15, 0.2) is 103 Å². The number of anilines is 1. The van der Waals surface area contributed by atoms with Gasteiger partial charge in [0, 0.05) is 49.6 Å². The number of benzene rings is 6. The summed E-state index contributed by atoms with van der Waals surface area (Å²) in [7, 11) is 2.78. The number of aliphatic hydroxyl groups is 5. The number of imide groups is 1. The molecule has 41 heteroatoms. The number of amides is 13. The molecule has 40 nitrogen and oxygen atoms in total. The predicted octanol–water partition coefficient (Wildman–Crippen LogP) is 7.67. The summed E-state index contributed by atoms with van der Waals surface area (Å²) in [5.41, 5.74) is -5.15. The van der Waals surface area contributed by atoms with Gasteiger partial charge in [0.25, 0.3) is 0 Å². The SMILES string of the molecule is Cc1cc2ccc1Oc1cc3cc(c1O[C@@H]1O[C@H](CNC(=O)OC(C)(C)C)[C@@H](O)[C@H](O)[C@H]1O)Oc1ccc(cc1Cl)[C@@H](O)[C@@H]1NC(=O)[C@H](NC(=O)[C@@H]3NC(=O)[C@H](CC(=O)NC(=O)Nc3ccc(OCCN(C)C(=O)OC(C)(C)C)cc3)NC(=O)[C@H](NC(=O)[C@@H](CC(C)C)N(C)C(=O)OC(C)(C)C)[C@@H]2O)c2ccc(O)c(c2)-c2c(O)cc(O)cc2[C@@H](C(=O)NC2C3CC4CC(C3)CC2C4)NC1=O. The van der Waals surface area contributed by atoms with Gasteiger partial charge in [-0.2, -0.15) is 0 Å². The Balaban J connectivity index is 0.971. The van der Waals surface area contributed by atoms with Crippen LogP contribution in [0.4, 0.5) is 24.9 Å². The summed E-state index contributed by atoms with van der Waals surface area (Å²) in [6, 6.07) is 3.51. The second-order valence-electron chi connectivity index (χ2n) is 38.9. The molecule has 16 rings (SSSR count). The molecule has 4 saturated carbocycles. The number of carbonyl (C=O) groups is 12. The highest BCUT2D eigenvalue weighted by molar-refractivity contribution is 6.32. The highest BCUT2D eigenvalue weighted by Crippen LogP contribution is 2.55. The average molecular weight is 1910 g/mol. The number of nitrogens with zero attached hydrogens (tertiary/aromatic N) is 2. The number of hydrogen-bond donors (Lipinski definition) is 18. The fraction of sp³-hybridized carbons (Fsp3) is 0.495. The van der Waals surface area contributed by atoms with Crippen LogP contribution in [0.5, 0.6) is 51.7 Å². The van der Waals surface area contributed by atoms with Crippen molar-refractivity contribution in [2.45, 2.75) is 236 Å². The van der Waals surface area contributed by atoms with Gasteiger partial charge in [0.05, 0.1) is 18.0 Å². The number of aryl methyl sites for hydroxylation is 1. The lowest BCUT2D eigenvalue weighted by Crippen LogP contribution is -2.61. The smallest absolute Gasteiger partial charge is 0.410 e. The molecule has 732 valence electrons. The van der Waals surface area contributed by atoms with Crippen LogP contribution in [0, 0.1) is 36.5 Å². The highest BCUT2D eigenvalue weighted by atomic mass is 35.5. The standard InChI is InChI=1S/C95H117ClN12O28/c1-42(2)27-59(108(14)92(128)136-95(10,11)12)82(119)105-73-75(113)47-16-23-62(43(3)28-47)130-64-36-51-37-65(80(64)133-88-79(117)78(116)77(115)66(132-88)41-97-90(126)134-93(4,5)6)131-63-24-17-48(35-57(63)96)76(114)74-87(124)104-72(85(122)101-69-49-30-44-29-45(32-49)33-50(69)31-44)56-38-53(109)39-61(111)68(56)55-34-46(15-22-60(55)110)70(83(120)106-74)103-84(121)71(51)102-81(118)58(99-86(73)123)40-67(112)100-89(125)98-52-18-20-54(21-19-52)129-26-25-107(13)91(127)135-94(7,8)9/h15-24,28,34-39,42,44-45,49-50,58-59,66,69-79,88,109-111,113-117H,25-27,29-33,40-41H2,1-14H3,(H,97,126)(H,99,123)(H,101,122)(H,102,118)(H,103,121)(H,104,124)(H,105,119)(H,106,120)(H2,98,100,112,125)/t44?,45?,49?,50?,58-,59+,66+,69?,70+,71+,72-,73+,74-,75+,76+,77+,78-,79+,88-/m0/s1. The first-order chi connectivity index (χ1) is 63.9. The van der Waals surface area contributed by atoms with Gasteiger partial charge in [0.15, 0.2) is 11.5 Å². The summed E-state index contributed by atoms with van der Waals surface area (Å²) < 4.78 is 48.7. The summed E-state index contributed by atoms with van der Waals surface area (Å²) in [6.45, 7) is 19.0. The van der Waals surface area contributed by atoms with Crippen LogP contribution in [0.2, 0.25) is 5.02 Å². The molecule has 0 unspecified atom stereocenters. The lowest BCUT2D eigenvalue weighted by molar-refractivity contribution is -0.270. The van der Waals surface area contributed by atoms with Gasteiger partial charge in [-0.15, -0.1) is 0 Å². The Morgan fingerprint density at radius 3 is 1.81 bits per heavy atom. The third-order valence-electron chi connectivity index (χ3n) is 24.4. The molecule has 6 aromatic rings. The maximum Gasteiger partial charge on any atom is 0.410 e. The molecule has 10 aliphatic rings. The molecule has 0 spiro atoms. The Kier molecular flexibility index (Phi) is 30.2. The van der Waals surface area contributed by atoms with Crippen LogP contribution >= 0.6 is 11.6 Å². The Morgan fingerprint density at radius 2 is 1.18 bits per heavy atom. The van der Waals surface area contributed by atoms with Crippen LogP contribution in [-0.4, -0.2) is 234 Å². The largest absolute Gasteiger partial charge is 0.508 e. The van der Waals surface area contributed by atoms with Crippen molar-refractivity contribution in [3.05, 3.63) is 142 Å². The Labute approximate surface area is 788 Å². The van der Waals surface area contributed by atoms with Gasteiger partial charge in [-0.25, -0.2) is 19.2 Å².